The minimum absolute atomic E-state index is 0.162. The van der Waals surface area contributed by atoms with Crippen LogP contribution < -0.4 is 11.1 Å². The normalized spacial score (nSPS) is 40.1. The van der Waals surface area contributed by atoms with E-state index in [0.717, 1.165) is 19.4 Å². The van der Waals surface area contributed by atoms with Crippen molar-refractivity contribution < 1.29 is 9.90 Å². The molecule has 4 N–H and O–H groups in total. The maximum atomic E-state index is 10.6. The molecular weight excluding hydrogens is 192 g/mol. The van der Waals surface area contributed by atoms with Crippen molar-refractivity contribution in [3.8, 4) is 0 Å². The molecule has 0 amide bonds. The fourth-order valence-electron chi connectivity index (χ4n) is 3.35. The molecule has 1 saturated heterocycles. The number of nitrogens with one attached hydrogen (secondary N) is 1. The predicted octanol–water partition coefficient (Wildman–Crippen LogP) is 0.711. The van der Waals surface area contributed by atoms with Gasteiger partial charge in [0, 0.05) is 11.6 Å². The second-order valence-electron chi connectivity index (χ2n) is 4.96. The summed E-state index contributed by atoms with van der Waals surface area (Å²) in [5, 5.41) is 12.3. The molecule has 1 spiro atoms. The molecule has 0 aromatic rings. The first kappa shape index (κ1) is 10.9. The van der Waals surface area contributed by atoms with Crippen LogP contribution in [0.25, 0.3) is 0 Å². The van der Waals surface area contributed by atoms with Crippen molar-refractivity contribution in [1.82, 2.24) is 5.32 Å². The summed E-state index contributed by atoms with van der Waals surface area (Å²) >= 11 is 0. The van der Waals surface area contributed by atoms with E-state index in [4.69, 9.17) is 10.8 Å². The molecule has 3 atom stereocenters. The van der Waals surface area contributed by atoms with Gasteiger partial charge in [0.15, 0.2) is 0 Å². The summed E-state index contributed by atoms with van der Waals surface area (Å²) in [7, 11) is 0. The van der Waals surface area contributed by atoms with Gasteiger partial charge in [-0.2, -0.15) is 0 Å². The topological polar surface area (TPSA) is 75.4 Å². The van der Waals surface area contributed by atoms with Gasteiger partial charge in [0.05, 0.1) is 6.42 Å². The average Bonchev–Trinajstić information content (AvgIpc) is 2.74. The first-order chi connectivity index (χ1) is 7.16. The third kappa shape index (κ3) is 2.01. The molecule has 4 heteroatoms. The lowest BCUT2D eigenvalue weighted by atomic mass is 9.86. The summed E-state index contributed by atoms with van der Waals surface area (Å²) in [6, 6.07) is 0.162. The van der Waals surface area contributed by atoms with E-state index in [0.29, 0.717) is 5.92 Å². The molecule has 15 heavy (non-hydrogen) atoms. The zero-order valence-electron chi connectivity index (χ0n) is 9.04. The molecule has 0 aromatic carbocycles. The fourth-order valence-corrected chi connectivity index (χ4v) is 3.35. The average molecular weight is 212 g/mol. The van der Waals surface area contributed by atoms with Crippen molar-refractivity contribution in [3.05, 3.63) is 0 Å². The van der Waals surface area contributed by atoms with Gasteiger partial charge in [0.2, 0.25) is 0 Å². The van der Waals surface area contributed by atoms with Crippen LogP contribution in [0.1, 0.15) is 38.5 Å². The quantitative estimate of drug-likeness (QED) is 0.644. The lowest BCUT2D eigenvalue weighted by Crippen LogP contribution is -2.48. The lowest BCUT2D eigenvalue weighted by Gasteiger charge is -2.32. The van der Waals surface area contributed by atoms with E-state index in [-0.39, 0.29) is 18.0 Å². The van der Waals surface area contributed by atoms with Crippen molar-refractivity contribution in [3.63, 3.8) is 0 Å². The van der Waals surface area contributed by atoms with Crippen molar-refractivity contribution >= 4 is 5.97 Å². The maximum absolute atomic E-state index is 10.6. The van der Waals surface area contributed by atoms with Gasteiger partial charge >= 0.3 is 5.97 Å². The third-order valence-electron chi connectivity index (χ3n) is 4.09. The predicted molar refractivity (Wildman–Crippen MR) is 57.5 cm³/mol. The Morgan fingerprint density at radius 1 is 1.47 bits per heavy atom. The Bertz CT molecular complexity index is 257. The molecule has 2 aliphatic rings. The van der Waals surface area contributed by atoms with Gasteiger partial charge in [-0.1, -0.05) is 6.42 Å². The standard InChI is InChI=1S/C11H20N2O2/c12-7-8-2-1-4-11(8)5-3-9(13-11)6-10(14)15/h8-9,13H,1-7,12H2,(H,14,15)/t8-,9+,11+/m0/s1. The number of carboxylic acid groups (broad SMARTS) is 1. The molecular formula is C11H20N2O2. The van der Waals surface area contributed by atoms with E-state index < -0.39 is 5.97 Å². The summed E-state index contributed by atoms with van der Waals surface area (Å²) in [5.74, 6) is -0.150. The molecule has 2 rings (SSSR count). The molecule has 1 saturated carbocycles. The highest BCUT2D eigenvalue weighted by Crippen LogP contribution is 2.43. The van der Waals surface area contributed by atoms with Gasteiger partial charge < -0.3 is 16.2 Å². The Kier molecular flexibility index (Phi) is 2.98. The molecule has 0 unspecified atom stereocenters. The number of carboxylic acids is 1. The first-order valence-corrected chi connectivity index (χ1v) is 5.86. The monoisotopic (exact) mass is 212 g/mol. The van der Waals surface area contributed by atoms with E-state index in [1.165, 1.54) is 19.3 Å². The van der Waals surface area contributed by atoms with Crippen molar-refractivity contribution in [2.24, 2.45) is 11.7 Å². The summed E-state index contributed by atoms with van der Waals surface area (Å²) in [6.07, 6.45) is 5.94. The van der Waals surface area contributed by atoms with E-state index in [2.05, 4.69) is 5.32 Å². The van der Waals surface area contributed by atoms with E-state index in [1.54, 1.807) is 0 Å². The van der Waals surface area contributed by atoms with E-state index >= 15 is 0 Å². The van der Waals surface area contributed by atoms with Crippen LogP contribution in [0.2, 0.25) is 0 Å². The van der Waals surface area contributed by atoms with Crippen molar-refractivity contribution in [2.45, 2.75) is 50.1 Å². The minimum Gasteiger partial charge on any atom is -0.481 e. The molecule has 0 bridgehead atoms. The summed E-state index contributed by atoms with van der Waals surface area (Å²) in [5.41, 5.74) is 5.95. The van der Waals surface area contributed by atoms with Crippen molar-refractivity contribution in [1.29, 1.82) is 0 Å². The Balaban J connectivity index is 1.98. The highest BCUT2D eigenvalue weighted by atomic mass is 16.4. The zero-order valence-corrected chi connectivity index (χ0v) is 9.04. The van der Waals surface area contributed by atoms with Crippen molar-refractivity contribution in [2.75, 3.05) is 6.54 Å². The highest BCUT2D eigenvalue weighted by molar-refractivity contribution is 5.67. The summed E-state index contributed by atoms with van der Waals surface area (Å²) in [6.45, 7) is 0.729. The van der Waals surface area contributed by atoms with Crippen LogP contribution in [0.5, 0.6) is 0 Å². The van der Waals surface area contributed by atoms with E-state index in [1.807, 2.05) is 0 Å². The Labute approximate surface area is 90.2 Å². The van der Waals surface area contributed by atoms with Gasteiger partial charge in [-0.15, -0.1) is 0 Å². The summed E-state index contributed by atoms with van der Waals surface area (Å²) in [4.78, 5) is 10.6. The minimum atomic E-state index is -0.702. The second kappa shape index (κ2) is 4.10. The van der Waals surface area contributed by atoms with Crippen LogP contribution in [-0.4, -0.2) is 29.2 Å². The van der Waals surface area contributed by atoms with Crippen LogP contribution in [0.4, 0.5) is 0 Å². The molecule has 1 aliphatic heterocycles. The smallest absolute Gasteiger partial charge is 0.304 e. The lowest BCUT2D eigenvalue weighted by molar-refractivity contribution is -0.137. The van der Waals surface area contributed by atoms with Crippen LogP contribution in [0, 0.1) is 5.92 Å². The molecule has 86 valence electrons. The number of hydrogen-bond donors (Lipinski definition) is 3. The fraction of sp³-hybridized carbons (Fsp3) is 0.909. The van der Waals surface area contributed by atoms with Gasteiger partial charge in [-0.25, -0.2) is 0 Å². The van der Waals surface area contributed by atoms with Gasteiger partial charge in [0.25, 0.3) is 0 Å². The molecule has 4 nitrogen and oxygen atoms in total. The maximum Gasteiger partial charge on any atom is 0.304 e. The Morgan fingerprint density at radius 2 is 2.27 bits per heavy atom. The van der Waals surface area contributed by atoms with Gasteiger partial charge in [-0.05, 0) is 38.1 Å². The number of aliphatic carboxylic acids is 1. The van der Waals surface area contributed by atoms with Gasteiger partial charge in [-0.3, -0.25) is 4.79 Å². The van der Waals surface area contributed by atoms with Crippen LogP contribution >= 0.6 is 0 Å². The Hall–Kier alpha value is -0.610. The van der Waals surface area contributed by atoms with Crippen LogP contribution in [-0.2, 0) is 4.79 Å². The van der Waals surface area contributed by atoms with Crippen LogP contribution in [0.15, 0.2) is 0 Å². The third-order valence-corrected chi connectivity index (χ3v) is 4.09. The van der Waals surface area contributed by atoms with Crippen LogP contribution in [0.3, 0.4) is 0 Å². The molecule has 1 heterocycles. The Morgan fingerprint density at radius 3 is 2.93 bits per heavy atom. The second-order valence-corrected chi connectivity index (χ2v) is 4.96. The number of rotatable bonds is 3. The van der Waals surface area contributed by atoms with Gasteiger partial charge in [0.1, 0.15) is 0 Å². The summed E-state index contributed by atoms with van der Waals surface area (Å²) < 4.78 is 0. The largest absolute Gasteiger partial charge is 0.481 e. The number of hydrogen-bond acceptors (Lipinski definition) is 3. The van der Waals surface area contributed by atoms with E-state index in [9.17, 15) is 4.79 Å². The molecule has 1 aliphatic carbocycles. The first-order valence-electron chi connectivity index (χ1n) is 5.86. The number of carbonyl (C=O) groups is 1. The molecule has 0 radical (unpaired) electrons. The molecule has 2 fully saturated rings. The SMILES string of the molecule is NC[C@@H]1CCC[C@@]12CC[C@H](CC(=O)O)N2. The number of nitrogens with two attached hydrogens (primary N) is 1. The molecule has 0 aromatic heterocycles. The zero-order chi connectivity index (χ0) is 10.9. The highest BCUT2D eigenvalue weighted by Gasteiger charge is 2.46.